The van der Waals surface area contributed by atoms with Crippen molar-refractivity contribution in [2.24, 2.45) is 0 Å². The molecule has 0 saturated carbocycles. The summed E-state index contributed by atoms with van der Waals surface area (Å²) in [5.41, 5.74) is 1.42. The monoisotopic (exact) mass is 290 g/mol. The molecule has 112 valence electrons. The number of hydrogen-bond donors (Lipinski definition) is 1. The second-order valence-electron chi connectivity index (χ2n) is 5.05. The van der Waals surface area contributed by atoms with Crippen LogP contribution in [-0.4, -0.2) is 48.8 Å². The van der Waals surface area contributed by atoms with Gasteiger partial charge in [-0.05, 0) is 19.1 Å². The molecule has 6 nitrogen and oxygen atoms in total. The molecule has 0 saturated heterocycles. The molecule has 0 radical (unpaired) electrons. The number of ether oxygens (including phenoxy) is 1. The van der Waals surface area contributed by atoms with E-state index in [1.807, 2.05) is 6.92 Å². The van der Waals surface area contributed by atoms with E-state index in [9.17, 15) is 14.7 Å². The molecular weight excluding hydrogens is 272 g/mol. The summed E-state index contributed by atoms with van der Waals surface area (Å²) in [6.07, 6.45) is 0. The van der Waals surface area contributed by atoms with Gasteiger partial charge in [0.2, 0.25) is 0 Å². The first-order chi connectivity index (χ1) is 9.91. The van der Waals surface area contributed by atoms with Crippen LogP contribution in [0, 0.1) is 0 Å². The van der Waals surface area contributed by atoms with Crippen molar-refractivity contribution < 1.29 is 19.4 Å². The number of amides is 2. The first-order valence-corrected chi connectivity index (χ1v) is 6.58. The van der Waals surface area contributed by atoms with E-state index in [-0.39, 0.29) is 24.0 Å². The first kappa shape index (κ1) is 14.9. The largest absolute Gasteiger partial charge is 0.489 e. The molecule has 1 aromatic rings. The maximum Gasteiger partial charge on any atom is 0.339 e. The van der Waals surface area contributed by atoms with Crippen LogP contribution in [0.4, 0.5) is 10.5 Å². The van der Waals surface area contributed by atoms with E-state index in [1.165, 1.54) is 11.0 Å². The fourth-order valence-electron chi connectivity index (χ4n) is 2.29. The third kappa shape index (κ3) is 2.99. The highest BCUT2D eigenvalue weighted by molar-refractivity contribution is 5.99. The zero-order chi connectivity index (χ0) is 15.6. The van der Waals surface area contributed by atoms with Crippen LogP contribution in [0.1, 0.15) is 17.3 Å². The Morgan fingerprint density at radius 2 is 2.19 bits per heavy atom. The number of rotatable bonds is 3. The van der Waals surface area contributed by atoms with Crippen molar-refractivity contribution >= 4 is 17.7 Å². The van der Waals surface area contributed by atoms with Gasteiger partial charge in [0.1, 0.15) is 12.2 Å². The van der Waals surface area contributed by atoms with Gasteiger partial charge in [-0.15, -0.1) is 0 Å². The molecule has 2 amide bonds. The van der Waals surface area contributed by atoms with Crippen molar-refractivity contribution in [2.45, 2.75) is 6.92 Å². The Hall–Kier alpha value is -2.50. The Labute approximate surface area is 123 Å². The SMILES string of the molecule is C=C(C)CN(C)C(=O)N1CCOc2c(C(=O)O)cccc21. The Morgan fingerprint density at radius 3 is 2.81 bits per heavy atom. The predicted molar refractivity (Wildman–Crippen MR) is 79.1 cm³/mol. The lowest BCUT2D eigenvalue weighted by molar-refractivity contribution is 0.0691. The van der Waals surface area contributed by atoms with Gasteiger partial charge in [0.05, 0.1) is 12.2 Å². The minimum absolute atomic E-state index is 0.0626. The second kappa shape index (κ2) is 5.87. The molecule has 1 aromatic carbocycles. The summed E-state index contributed by atoms with van der Waals surface area (Å²) in [7, 11) is 1.69. The number of hydrogen-bond acceptors (Lipinski definition) is 3. The maximum absolute atomic E-state index is 12.5. The molecular formula is C15H18N2O4. The summed E-state index contributed by atoms with van der Waals surface area (Å²) in [5, 5.41) is 9.19. The smallest absolute Gasteiger partial charge is 0.339 e. The third-order valence-corrected chi connectivity index (χ3v) is 3.14. The number of carbonyl (C=O) groups excluding carboxylic acids is 1. The van der Waals surface area contributed by atoms with E-state index < -0.39 is 5.97 Å². The van der Waals surface area contributed by atoms with E-state index in [4.69, 9.17) is 4.74 Å². The van der Waals surface area contributed by atoms with Gasteiger partial charge in [0.15, 0.2) is 5.75 Å². The van der Waals surface area contributed by atoms with Crippen molar-refractivity contribution in [2.75, 3.05) is 31.6 Å². The van der Waals surface area contributed by atoms with Gasteiger partial charge in [0.25, 0.3) is 0 Å². The van der Waals surface area contributed by atoms with Crippen LogP contribution in [0.25, 0.3) is 0 Å². The molecule has 0 atom stereocenters. The number of nitrogens with zero attached hydrogens (tertiary/aromatic N) is 2. The van der Waals surface area contributed by atoms with Crippen LogP contribution in [-0.2, 0) is 0 Å². The van der Waals surface area contributed by atoms with Crippen molar-refractivity contribution in [1.82, 2.24) is 4.90 Å². The number of aromatic carboxylic acids is 1. The number of carbonyl (C=O) groups is 2. The van der Waals surface area contributed by atoms with E-state index in [1.54, 1.807) is 24.1 Å². The molecule has 1 N–H and O–H groups in total. The molecule has 1 aliphatic rings. The lowest BCUT2D eigenvalue weighted by Crippen LogP contribution is -2.45. The maximum atomic E-state index is 12.5. The van der Waals surface area contributed by atoms with E-state index in [2.05, 4.69) is 6.58 Å². The summed E-state index contributed by atoms with van der Waals surface area (Å²) >= 11 is 0. The number of fused-ring (bicyclic) bond motifs is 1. The molecule has 6 heteroatoms. The summed E-state index contributed by atoms with van der Waals surface area (Å²) in [6.45, 7) is 6.74. The standard InChI is InChI=1S/C15H18N2O4/c1-10(2)9-16(3)15(20)17-7-8-21-13-11(14(18)19)5-4-6-12(13)17/h4-6H,1,7-9H2,2-3H3,(H,18,19). The number of carboxylic acids is 1. The molecule has 0 fully saturated rings. The molecule has 0 aromatic heterocycles. The Balaban J connectivity index is 2.34. The van der Waals surface area contributed by atoms with Crippen LogP contribution in [0.3, 0.4) is 0 Å². The highest BCUT2D eigenvalue weighted by atomic mass is 16.5. The molecule has 1 aliphatic heterocycles. The van der Waals surface area contributed by atoms with Crippen molar-refractivity contribution in [1.29, 1.82) is 0 Å². The minimum atomic E-state index is -1.07. The lowest BCUT2D eigenvalue weighted by Gasteiger charge is -2.33. The second-order valence-corrected chi connectivity index (χ2v) is 5.05. The molecule has 1 heterocycles. The number of para-hydroxylation sites is 1. The highest BCUT2D eigenvalue weighted by Gasteiger charge is 2.29. The minimum Gasteiger partial charge on any atom is -0.489 e. The molecule has 0 spiro atoms. The summed E-state index contributed by atoms with van der Waals surface area (Å²) in [6, 6.07) is 4.56. The van der Waals surface area contributed by atoms with E-state index in [0.29, 0.717) is 18.8 Å². The van der Waals surface area contributed by atoms with Crippen LogP contribution >= 0.6 is 0 Å². The predicted octanol–water partition coefficient (Wildman–Crippen LogP) is 2.21. The van der Waals surface area contributed by atoms with Gasteiger partial charge in [0, 0.05) is 13.6 Å². The number of likely N-dealkylation sites (N-methyl/N-ethyl adjacent to an activating group) is 1. The summed E-state index contributed by atoms with van der Waals surface area (Å²) < 4.78 is 5.45. The normalized spacial score (nSPS) is 13.1. The van der Waals surface area contributed by atoms with Gasteiger partial charge in [-0.1, -0.05) is 18.2 Å². The zero-order valence-electron chi connectivity index (χ0n) is 12.1. The number of carboxylic acid groups (broad SMARTS) is 1. The zero-order valence-corrected chi connectivity index (χ0v) is 12.1. The van der Waals surface area contributed by atoms with Gasteiger partial charge in [-0.3, -0.25) is 4.90 Å². The first-order valence-electron chi connectivity index (χ1n) is 6.58. The molecule has 2 rings (SSSR count). The van der Waals surface area contributed by atoms with Crippen LogP contribution in [0.2, 0.25) is 0 Å². The Morgan fingerprint density at radius 1 is 1.48 bits per heavy atom. The number of urea groups is 1. The molecule has 0 bridgehead atoms. The topological polar surface area (TPSA) is 70.1 Å². The Bertz CT molecular complexity index is 597. The lowest BCUT2D eigenvalue weighted by atomic mass is 10.1. The number of benzene rings is 1. The van der Waals surface area contributed by atoms with Crippen LogP contribution in [0.15, 0.2) is 30.4 Å². The molecule has 21 heavy (non-hydrogen) atoms. The van der Waals surface area contributed by atoms with Crippen molar-refractivity contribution in [3.05, 3.63) is 35.9 Å². The highest BCUT2D eigenvalue weighted by Crippen LogP contribution is 2.35. The fraction of sp³-hybridized carbons (Fsp3) is 0.333. The van der Waals surface area contributed by atoms with Crippen molar-refractivity contribution in [3.63, 3.8) is 0 Å². The Kier molecular flexibility index (Phi) is 4.16. The summed E-state index contributed by atoms with van der Waals surface area (Å²) in [5.74, 6) is -0.829. The molecule has 0 aliphatic carbocycles. The average Bonchev–Trinajstić information content (AvgIpc) is 2.44. The van der Waals surface area contributed by atoms with Gasteiger partial charge >= 0.3 is 12.0 Å². The van der Waals surface area contributed by atoms with Crippen LogP contribution < -0.4 is 9.64 Å². The third-order valence-electron chi connectivity index (χ3n) is 3.14. The van der Waals surface area contributed by atoms with Crippen molar-refractivity contribution in [3.8, 4) is 5.75 Å². The quantitative estimate of drug-likeness (QED) is 0.866. The van der Waals surface area contributed by atoms with E-state index in [0.717, 1.165) is 5.57 Å². The molecule has 0 unspecified atom stereocenters. The van der Waals surface area contributed by atoms with Gasteiger partial charge in [-0.25, -0.2) is 9.59 Å². The van der Waals surface area contributed by atoms with Gasteiger partial charge in [-0.2, -0.15) is 0 Å². The average molecular weight is 290 g/mol. The van der Waals surface area contributed by atoms with Crippen LogP contribution in [0.5, 0.6) is 5.75 Å². The fourth-order valence-corrected chi connectivity index (χ4v) is 2.29. The van der Waals surface area contributed by atoms with E-state index >= 15 is 0 Å². The summed E-state index contributed by atoms with van der Waals surface area (Å²) in [4.78, 5) is 26.8. The van der Waals surface area contributed by atoms with Gasteiger partial charge < -0.3 is 14.7 Å². The number of anilines is 1.